The highest BCUT2D eigenvalue weighted by Gasteiger charge is 2.18. The van der Waals surface area contributed by atoms with Crippen LogP contribution in [-0.4, -0.2) is 29.5 Å². The molecule has 6 heteroatoms. The summed E-state index contributed by atoms with van der Waals surface area (Å²) in [5.41, 5.74) is 10.0. The van der Waals surface area contributed by atoms with E-state index >= 15 is 0 Å². The number of nitrogens with zero attached hydrogens (tertiary/aromatic N) is 6. The molecule has 0 saturated carbocycles. The highest BCUT2D eigenvalue weighted by atomic mass is 15.1. The van der Waals surface area contributed by atoms with Crippen LogP contribution in [0.3, 0.4) is 0 Å². The van der Waals surface area contributed by atoms with E-state index in [1.54, 1.807) is 6.20 Å². The Morgan fingerprint density at radius 3 is 2.00 bits per heavy atom. The van der Waals surface area contributed by atoms with Crippen LogP contribution in [0.25, 0.3) is 93.8 Å². The maximum Gasteiger partial charge on any atom is 0.137 e. The van der Waals surface area contributed by atoms with Crippen molar-refractivity contribution in [2.75, 3.05) is 0 Å². The van der Waals surface area contributed by atoms with Crippen molar-refractivity contribution in [3.8, 4) is 39.5 Å². The van der Waals surface area contributed by atoms with Crippen molar-refractivity contribution < 1.29 is 0 Å². The largest absolute Gasteiger partial charge is 0.294 e. The average Bonchev–Trinajstić information content (AvgIpc) is 3.52. The van der Waals surface area contributed by atoms with Crippen LogP contribution < -0.4 is 0 Å². The van der Waals surface area contributed by atoms with Crippen LogP contribution in [0.2, 0.25) is 0 Å². The quantitative estimate of drug-likeness (QED) is 0.182. The van der Waals surface area contributed by atoms with Crippen molar-refractivity contribution in [2.45, 2.75) is 0 Å². The number of aromatic nitrogens is 6. The van der Waals surface area contributed by atoms with Gasteiger partial charge in [0.25, 0.3) is 0 Å². The van der Waals surface area contributed by atoms with Crippen LogP contribution in [0.4, 0.5) is 0 Å². The number of rotatable bonds is 4. The van der Waals surface area contributed by atoms with E-state index in [1.165, 1.54) is 21.5 Å². The first-order valence-corrected chi connectivity index (χ1v) is 16.2. The van der Waals surface area contributed by atoms with E-state index < -0.39 is 0 Å². The number of fused-ring (bicyclic) bond motifs is 8. The van der Waals surface area contributed by atoms with Gasteiger partial charge in [-0.25, -0.2) is 4.98 Å². The molecule has 6 nitrogen and oxygen atoms in total. The summed E-state index contributed by atoms with van der Waals surface area (Å²) in [5.74, 6) is 0.859. The molecule has 10 aromatic rings. The normalized spacial score (nSPS) is 11.7. The molecule has 0 aliphatic rings. The Hall–Kier alpha value is -6.79. The molecule has 0 amide bonds. The third-order valence-electron chi connectivity index (χ3n) is 9.43. The van der Waals surface area contributed by atoms with Crippen LogP contribution in [0.15, 0.2) is 158 Å². The molecule has 0 aliphatic heterocycles. The first kappa shape index (κ1) is 27.3. The highest BCUT2D eigenvalue weighted by Crippen LogP contribution is 2.39. The summed E-state index contributed by atoms with van der Waals surface area (Å²) in [6, 6.07) is 44.3. The Labute approximate surface area is 281 Å². The lowest BCUT2D eigenvalue weighted by Gasteiger charge is -2.11. The fourth-order valence-corrected chi connectivity index (χ4v) is 7.14. The summed E-state index contributed by atoms with van der Waals surface area (Å²) in [5, 5.41) is 6.91. The Morgan fingerprint density at radius 2 is 1.14 bits per heavy atom. The zero-order valence-corrected chi connectivity index (χ0v) is 26.2. The van der Waals surface area contributed by atoms with Crippen molar-refractivity contribution in [1.29, 1.82) is 0 Å². The second-order valence-electron chi connectivity index (χ2n) is 12.2. The van der Waals surface area contributed by atoms with Gasteiger partial charge in [-0.05, 0) is 88.6 Å². The molecule has 0 unspecified atom stereocenters. The smallest absolute Gasteiger partial charge is 0.137 e. The molecule has 0 aliphatic carbocycles. The van der Waals surface area contributed by atoms with Crippen LogP contribution in [0, 0.1) is 0 Å². The molecule has 0 radical (unpaired) electrons. The molecular weight excluding hydrogens is 601 g/mol. The monoisotopic (exact) mass is 626 g/mol. The second-order valence-corrected chi connectivity index (χ2v) is 12.2. The van der Waals surface area contributed by atoms with Crippen molar-refractivity contribution in [1.82, 2.24) is 29.5 Å². The zero-order valence-electron chi connectivity index (χ0n) is 26.2. The Balaban J connectivity index is 1.14. The van der Waals surface area contributed by atoms with Gasteiger partial charge in [0.15, 0.2) is 0 Å². The molecule has 0 fully saturated rings. The molecule has 49 heavy (non-hydrogen) atoms. The molecule has 0 spiro atoms. The van der Waals surface area contributed by atoms with Crippen LogP contribution in [-0.2, 0) is 0 Å². The van der Waals surface area contributed by atoms with Crippen LogP contribution >= 0.6 is 0 Å². The summed E-state index contributed by atoms with van der Waals surface area (Å²) in [7, 11) is 0. The van der Waals surface area contributed by atoms with E-state index in [-0.39, 0.29) is 0 Å². The minimum atomic E-state index is 0.854. The average molecular weight is 627 g/mol. The Morgan fingerprint density at radius 1 is 0.408 bits per heavy atom. The van der Waals surface area contributed by atoms with Gasteiger partial charge in [0, 0.05) is 63.7 Å². The van der Waals surface area contributed by atoms with E-state index in [4.69, 9.17) is 15.0 Å². The summed E-state index contributed by atoms with van der Waals surface area (Å²) in [4.78, 5) is 23.6. The SMILES string of the molecule is c1ccc(-c2ccc(-c3ccc4c(c3)c3c5ccccc5ccc3n4-c3ccc(-c4cc5cccnc5c5ncccc45)cn3)cn2)nc1. The maximum atomic E-state index is 5.09. The van der Waals surface area contributed by atoms with Crippen molar-refractivity contribution in [3.63, 3.8) is 0 Å². The molecule has 228 valence electrons. The molecule has 0 saturated heterocycles. The standard InChI is InChI=1S/C43H26N6/c1-2-9-32-27(7-1)13-18-39-41(32)35-23-28(30-12-16-37(47-25-30)36-11-3-4-20-44-36)14-17-38(35)49(39)40-19-15-31(26-48-40)34-24-29-8-5-21-45-42(29)43-33(34)10-6-22-46-43/h1-26H. The van der Waals surface area contributed by atoms with E-state index in [0.29, 0.717) is 0 Å². The lowest BCUT2D eigenvalue weighted by Crippen LogP contribution is -1.97. The maximum absolute atomic E-state index is 5.09. The third-order valence-corrected chi connectivity index (χ3v) is 9.43. The molecule has 6 heterocycles. The Bertz CT molecular complexity index is 2860. The molecule has 10 rings (SSSR count). The molecule has 0 bridgehead atoms. The zero-order chi connectivity index (χ0) is 32.3. The summed E-state index contributed by atoms with van der Waals surface area (Å²) < 4.78 is 2.27. The summed E-state index contributed by atoms with van der Waals surface area (Å²) in [6.07, 6.45) is 9.35. The number of benzene rings is 4. The van der Waals surface area contributed by atoms with Gasteiger partial charge in [-0.15, -0.1) is 0 Å². The number of hydrogen-bond donors (Lipinski definition) is 0. The van der Waals surface area contributed by atoms with E-state index in [0.717, 1.165) is 72.3 Å². The van der Waals surface area contributed by atoms with Gasteiger partial charge in [0.05, 0.1) is 33.5 Å². The highest BCUT2D eigenvalue weighted by molar-refractivity contribution is 6.22. The minimum absolute atomic E-state index is 0.854. The fourth-order valence-electron chi connectivity index (χ4n) is 7.14. The van der Waals surface area contributed by atoms with E-state index in [2.05, 4.69) is 106 Å². The van der Waals surface area contributed by atoms with Crippen LogP contribution in [0.5, 0.6) is 0 Å². The van der Waals surface area contributed by atoms with Gasteiger partial charge in [-0.2, -0.15) is 0 Å². The molecular formula is C43H26N6. The van der Waals surface area contributed by atoms with E-state index in [9.17, 15) is 0 Å². The fraction of sp³-hybridized carbons (Fsp3) is 0. The summed E-state index contributed by atoms with van der Waals surface area (Å²) >= 11 is 0. The summed E-state index contributed by atoms with van der Waals surface area (Å²) in [6.45, 7) is 0. The van der Waals surface area contributed by atoms with Crippen molar-refractivity contribution >= 4 is 54.4 Å². The first-order valence-electron chi connectivity index (χ1n) is 16.2. The van der Waals surface area contributed by atoms with E-state index in [1.807, 2.05) is 61.2 Å². The Kier molecular flexibility index (Phi) is 6.08. The lowest BCUT2D eigenvalue weighted by atomic mass is 9.99. The van der Waals surface area contributed by atoms with Crippen molar-refractivity contribution in [2.24, 2.45) is 0 Å². The van der Waals surface area contributed by atoms with Gasteiger partial charge in [0.2, 0.25) is 0 Å². The predicted octanol–water partition coefficient (Wildman–Crippen LogP) is 10.2. The first-order chi connectivity index (χ1) is 24.3. The number of pyridine rings is 5. The topological polar surface area (TPSA) is 69.4 Å². The molecule has 0 N–H and O–H groups in total. The lowest BCUT2D eigenvalue weighted by molar-refractivity contribution is 1.08. The van der Waals surface area contributed by atoms with Gasteiger partial charge < -0.3 is 0 Å². The third kappa shape index (κ3) is 4.38. The predicted molar refractivity (Wildman–Crippen MR) is 199 cm³/mol. The van der Waals surface area contributed by atoms with Gasteiger partial charge in [0.1, 0.15) is 5.82 Å². The molecule has 0 atom stereocenters. The second kappa shape index (κ2) is 10.9. The van der Waals surface area contributed by atoms with Gasteiger partial charge in [-0.1, -0.05) is 60.7 Å². The van der Waals surface area contributed by atoms with Gasteiger partial charge >= 0.3 is 0 Å². The van der Waals surface area contributed by atoms with Crippen LogP contribution in [0.1, 0.15) is 0 Å². The van der Waals surface area contributed by atoms with Gasteiger partial charge in [-0.3, -0.25) is 24.5 Å². The molecule has 6 aromatic heterocycles. The molecule has 4 aromatic carbocycles. The number of hydrogen-bond acceptors (Lipinski definition) is 5. The van der Waals surface area contributed by atoms with Crippen molar-refractivity contribution in [3.05, 3.63) is 158 Å². The minimum Gasteiger partial charge on any atom is -0.294 e.